The largest absolute Gasteiger partial charge is 0.319 e. The van der Waals surface area contributed by atoms with Crippen molar-refractivity contribution >= 4 is 33.2 Å². The number of nitrogens with one attached hydrogen (secondary N) is 1. The van der Waals surface area contributed by atoms with E-state index in [4.69, 9.17) is 11.6 Å². The van der Waals surface area contributed by atoms with Gasteiger partial charge in [0, 0.05) is 18.7 Å². The van der Waals surface area contributed by atoms with Crippen molar-refractivity contribution in [2.45, 2.75) is 30.6 Å². The lowest BCUT2D eigenvalue weighted by Crippen LogP contribution is -2.32. The lowest BCUT2D eigenvalue weighted by molar-refractivity contribution is 0.102. The van der Waals surface area contributed by atoms with Crippen LogP contribution in [0.2, 0.25) is 5.02 Å². The Kier molecular flexibility index (Phi) is 6.50. The van der Waals surface area contributed by atoms with E-state index in [0.29, 0.717) is 19.2 Å². The van der Waals surface area contributed by atoms with Gasteiger partial charge < -0.3 is 5.32 Å². The quantitative estimate of drug-likeness (QED) is 0.699. The minimum atomic E-state index is -3.93. The first-order valence-electron chi connectivity index (χ1n) is 8.96. The van der Waals surface area contributed by atoms with Crippen molar-refractivity contribution in [2.75, 3.05) is 18.4 Å². The van der Waals surface area contributed by atoms with E-state index in [2.05, 4.69) is 5.32 Å². The van der Waals surface area contributed by atoms with Gasteiger partial charge in [-0.1, -0.05) is 24.4 Å². The number of carbonyl (C=O) groups excluding carboxylic acids is 1. The fourth-order valence-corrected chi connectivity index (χ4v) is 5.10. The molecule has 1 heterocycles. The van der Waals surface area contributed by atoms with Gasteiger partial charge in [0.15, 0.2) is 17.5 Å². The predicted octanol–water partition coefficient (Wildman–Crippen LogP) is 4.57. The first kappa shape index (κ1) is 21.6. The predicted molar refractivity (Wildman–Crippen MR) is 103 cm³/mol. The molecule has 2 aromatic rings. The summed E-state index contributed by atoms with van der Waals surface area (Å²) in [6.45, 7) is 0.713. The van der Waals surface area contributed by atoms with Gasteiger partial charge >= 0.3 is 0 Å². The van der Waals surface area contributed by atoms with E-state index in [9.17, 15) is 26.4 Å². The highest BCUT2D eigenvalue weighted by Gasteiger charge is 2.28. The van der Waals surface area contributed by atoms with Crippen LogP contribution in [0.1, 0.15) is 36.0 Å². The van der Waals surface area contributed by atoms with Gasteiger partial charge in [-0.05, 0) is 43.2 Å². The Morgan fingerprint density at radius 2 is 1.62 bits per heavy atom. The first-order chi connectivity index (χ1) is 13.7. The highest BCUT2D eigenvalue weighted by atomic mass is 35.5. The molecule has 2 aromatic carbocycles. The van der Waals surface area contributed by atoms with Crippen LogP contribution in [0.5, 0.6) is 0 Å². The number of anilines is 1. The molecule has 0 aromatic heterocycles. The van der Waals surface area contributed by atoms with E-state index in [-0.39, 0.29) is 15.5 Å². The molecule has 1 saturated heterocycles. The van der Waals surface area contributed by atoms with Crippen molar-refractivity contribution in [2.24, 2.45) is 0 Å². The zero-order valence-electron chi connectivity index (χ0n) is 15.2. The third kappa shape index (κ3) is 4.57. The monoisotopic (exact) mass is 446 g/mol. The number of benzene rings is 2. The van der Waals surface area contributed by atoms with Crippen LogP contribution >= 0.6 is 11.6 Å². The van der Waals surface area contributed by atoms with E-state index in [1.54, 1.807) is 0 Å². The van der Waals surface area contributed by atoms with Crippen LogP contribution in [0.4, 0.5) is 18.9 Å². The van der Waals surface area contributed by atoms with Crippen molar-refractivity contribution in [3.05, 3.63) is 58.4 Å². The summed E-state index contributed by atoms with van der Waals surface area (Å²) in [5.74, 6) is -5.55. The molecule has 0 radical (unpaired) electrons. The highest BCUT2D eigenvalue weighted by Crippen LogP contribution is 2.28. The Morgan fingerprint density at radius 3 is 2.28 bits per heavy atom. The molecule has 5 nitrogen and oxygen atoms in total. The van der Waals surface area contributed by atoms with Crippen molar-refractivity contribution in [3.63, 3.8) is 0 Å². The smallest absolute Gasteiger partial charge is 0.255 e. The lowest BCUT2D eigenvalue weighted by Gasteiger charge is -2.21. The summed E-state index contributed by atoms with van der Waals surface area (Å²) in [4.78, 5) is 12.2. The number of nitrogens with zero attached hydrogens (tertiary/aromatic N) is 1. The summed E-state index contributed by atoms with van der Waals surface area (Å²) < 4.78 is 67.5. The van der Waals surface area contributed by atoms with Crippen LogP contribution < -0.4 is 5.32 Å². The summed E-state index contributed by atoms with van der Waals surface area (Å²) in [6.07, 6.45) is 3.32. The number of hydrogen-bond donors (Lipinski definition) is 1. The van der Waals surface area contributed by atoms with Crippen LogP contribution in [-0.4, -0.2) is 31.7 Å². The third-order valence-electron chi connectivity index (χ3n) is 4.66. The van der Waals surface area contributed by atoms with Gasteiger partial charge in [0.05, 0.1) is 10.7 Å². The van der Waals surface area contributed by atoms with Gasteiger partial charge in [-0.25, -0.2) is 21.6 Å². The fourth-order valence-electron chi connectivity index (χ4n) is 3.08. The van der Waals surface area contributed by atoms with Gasteiger partial charge in [0.2, 0.25) is 10.0 Å². The molecule has 0 bridgehead atoms. The van der Waals surface area contributed by atoms with Crippen molar-refractivity contribution < 1.29 is 26.4 Å². The number of hydrogen-bond acceptors (Lipinski definition) is 3. The second kappa shape index (κ2) is 8.73. The Morgan fingerprint density at radius 1 is 0.966 bits per heavy atom. The van der Waals surface area contributed by atoms with Crippen LogP contribution in [0.15, 0.2) is 35.2 Å². The maximum Gasteiger partial charge on any atom is 0.255 e. The SMILES string of the molecule is O=C(Nc1ccc(F)c(F)c1F)c1ccc(Cl)c(S(=O)(=O)N2CCCCCC2)c1. The Balaban J connectivity index is 1.90. The molecule has 0 saturated carbocycles. The second-order valence-electron chi connectivity index (χ2n) is 6.64. The number of carbonyl (C=O) groups is 1. The van der Waals surface area contributed by atoms with E-state index in [1.165, 1.54) is 16.4 Å². The molecule has 29 heavy (non-hydrogen) atoms. The highest BCUT2D eigenvalue weighted by molar-refractivity contribution is 7.89. The topological polar surface area (TPSA) is 66.5 Å². The molecule has 156 valence electrons. The van der Waals surface area contributed by atoms with Crippen LogP contribution in [0.3, 0.4) is 0 Å². The zero-order chi connectivity index (χ0) is 21.2. The molecule has 0 spiro atoms. The maximum atomic E-state index is 13.8. The third-order valence-corrected chi connectivity index (χ3v) is 7.04. The molecule has 1 aliphatic heterocycles. The van der Waals surface area contributed by atoms with Gasteiger partial charge in [-0.2, -0.15) is 4.31 Å². The maximum absolute atomic E-state index is 13.8. The van der Waals surface area contributed by atoms with Crippen LogP contribution in [0, 0.1) is 17.5 Å². The summed E-state index contributed by atoms with van der Waals surface area (Å²) >= 11 is 6.08. The van der Waals surface area contributed by atoms with Crippen LogP contribution in [0.25, 0.3) is 0 Å². The molecule has 1 aliphatic rings. The molecule has 0 unspecified atom stereocenters. The number of amides is 1. The molecule has 10 heteroatoms. The lowest BCUT2D eigenvalue weighted by atomic mass is 10.2. The molecule has 1 N–H and O–H groups in total. The fraction of sp³-hybridized carbons (Fsp3) is 0.316. The molecule has 0 atom stereocenters. The summed E-state index contributed by atoms with van der Waals surface area (Å²) in [5, 5.41) is 2.06. The molecular formula is C19H18ClF3N2O3S. The van der Waals surface area contributed by atoms with Crippen LogP contribution in [-0.2, 0) is 10.0 Å². The second-order valence-corrected chi connectivity index (χ2v) is 8.95. The standard InChI is InChI=1S/C19H18ClF3N2O3S/c20-13-6-5-12(19(26)24-15-8-7-14(21)17(22)18(15)23)11-16(13)29(27,28)25-9-3-1-2-4-10-25/h5-8,11H,1-4,9-10H2,(H,24,26). The van der Waals surface area contributed by atoms with Gasteiger partial charge in [-0.15, -0.1) is 0 Å². The Hall–Kier alpha value is -2.10. The molecule has 1 amide bonds. The number of rotatable bonds is 4. The zero-order valence-corrected chi connectivity index (χ0v) is 16.8. The Labute approximate surface area is 171 Å². The normalized spacial score (nSPS) is 15.7. The Bertz CT molecular complexity index is 1040. The summed E-state index contributed by atoms with van der Waals surface area (Å²) in [5.41, 5.74) is -0.687. The molecule has 3 rings (SSSR count). The first-order valence-corrected chi connectivity index (χ1v) is 10.8. The van der Waals surface area contributed by atoms with Gasteiger partial charge in [-0.3, -0.25) is 4.79 Å². The average Bonchev–Trinajstić information content (AvgIpc) is 2.98. The average molecular weight is 447 g/mol. The molecule has 1 fully saturated rings. The summed E-state index contributed by atoms with van der Waals surface area (Å²) in [7, 11) is -3.93. The van der Waals surface area contributed by atoms with Gasteiger partial charge in [0.25, 0.3) is 5.91 Å². The van der Waals surface area contributed by atoms with Gasteiger partial charge in [0.1, 0.15) is 4.90 Å². The minimum absolute atomic E-state index is 0.0511. The summed E-state index contributed by atoms with van der Waals surface area (Å²) in [6, 6.07) is 5.15. The van der Waals surface area contributed by atoms with E-state index >= 15 is 0 Å². The number of halogens is 4. The van der Waals surface area contributed by atoms with Crippen molar-refractivity contribution in [1.29, 1.82) is 0 Å². The molecular weight excluding hydrogens is 429 g/mol. The minimum Gasteiger partial charge on any atom is -0.319 e. The van der Waals surface area contributed by atoms with E-state index in [0.717, 1.165) is 37.8 Å². The van der Waals surface area contributed by atoms with Crippen molar-refractivity contribution in [1.82, 2.24) is 4.31 Å². The van der Waals surface area contributed by atoms with Crippen molar-refractivity contribution in [3.8, 4) is 0 Å². The van der Waals surface area contributed by atoms with E-state index < -0.39 is 39.1 Å². The van der Waals surface area contributed by atoms with E-state index in [1.807, 2.05) is 0 Å². The number of sulfonamides is 1. The molecule has 0 aliphatic carbocycles.